The SMILES string of the molecule is CC(=O)N1CCN(CCc2ccc(-c3cnc(NCc4cccc5c4CCO5)n4cnnc34)cn2)CC1. The van der Waals surface area contributed by atoms with Crippen molar-refractivity contribution < 1.29 is 9.53 Å². The van der Waals surface area contributed by atoms with E-state index in [1.54, 1.807) is 13.3 Å². The van der Waals surface area contributed by atoms with Crippen LogP contribution in [0.25, 0.3) is 16.8 Å². The van der Waals surface area contributed by atoms with Crippen LogP contribution in [0.1, 0.15) is 23.7 Å². The average molecular weight is 499 g/mol. The summed E-state index contributed by atoms with van der Waals surface area (Å²) in [6.07, 6.45) is 7.20. The van der Waals surface area contributed by atoms with Gasteiger partial charge >= 0.3 is 0 Å². The molecule has 1 fully saturated rings. The summed E-state index contributed by atoms with van der Waals surface area (Å²) in [7, 11) is 0. The predicted octanol–water partition coefficient (Wildman–Crippen LogP) is 2.44. The van der Waals surface area contributed by atoms with E-state index in [0.717, 1.165) is 80.4 Å². The van der Waals surface area contributed by atoms with Crippen LogP contribution in [-0.2, 0) is 24.2 Å². The number of carbonyl (C=O) groups excluding carboxylic acids is 1. The van der Waals surface area contributed by atoms with Gasteiger partial charge in [-0.2, -0.15) is 0 Å². The summed E-state index contributed by atoms with van der Waals surface area (Å²) in [5.74, 6) is 1.82. The van der Waals surface area contributed by atoms with E-state index in [1.165, 1.54) is 11.1 Å². The fourth-order valence-corrected chi connectivity index (χ4v) is 5.08. The Bertz CT molecular complexity index is 1410. The van der Waals surface area contributed by atoms with E-state index in [0.29, 0.717) is 12.5 Å². The summed E-state index contributed by atoms with van der Waals surface area (Å²) in [5.41, 5.74) is 6.09. The van der Waals surface area contributed by atoms with Gasteiger partial charge in [-0.05, 0) is 17.7 Å². The van der Waals surface area contributed by atoms with Crippen LogP contribution in [0.2, 0.25) is 0 Å². The molecule has 37 heavy (non-hydrogen) atoms. The number of ether oxygens (including phenoxy) is 1. The van der Waals surface area contributed by atoms with Gasteiger partial charge in [0.1, 0.15) is 12.1 Å². The van der Waals surface area contributed by atoms with Crippen molar-refractivity contribution in [3.05, 3.63) is 65.9 Å². The molecule has 5 heterocycles. The Morgan fingerprint density at radius 2 is 1.97 bits per heavy atom. The first-order chi connectivity index (χ1) is 18.2. The van der Waals surface area contributed by atoms with E-state index in [-0.39, 0.29) is 5.91 Å². The lowest BCUT2D eigenvalue weighted by molar-refractivity contribution is -0.130. The average Bonchev–Trinajstić information content (AvgIpc) is 3.62. The molecular formula is C27H30N8O2. The van der Waals surface area contributed by atoms with E-state index < -0.39 is 0 Å². The van der Waals surface area contributed by atoms with Gasteiger partial charge in [-0.1, -0.05) is 18.2 Å². The standard InChI is InChI=1S/C27H30N8O2/c1-19(36)34-12-10-33(11-13-34)9-7-22-6-5-21(15-28-22)24-17-30-27(35-18-31-32-26(24)35)29-16-20-3-2-4-25-23(20)8-14-37-25/h2-6,15,17-18H,7-14,16H2,1H3,(H,29,30). The number of carbonyl (C=O) groups is 1. The normalized spacial score (nSPS) is 15.5. The highest BCUT2D eigenvalue weighted by Gasteiger charge is 2.19. The van der Waals surface area contributed by atoms with Gasteiger partial charge < -0.3 is 15.0 Å². The highest BCUT2D eigenvalue weighted by molar-refractivity contribution is 5.77. The van der Waals surface area contributed by atoms with Crippen molar-refractivity contribution in [2.24, 2.45) is 0 Å². The highest BCUT2D eigenvalue weighted by Crippen LogP contribution is 2.29. The van der Waals surface area contributed by atoms with Crippen molar-refractivity contribution in [2.75, 3.05) is 44.6 Å². The number of hydrogen-bond acceptors (Lipinski definition) is 8. The molecule has 0 atom stereocenters. The zero-order chi connectivity index (χ0) is 25.2. The molecule has 0 bridgehead atoms. The van der Waals surface area contributed by atoms with Gasteiger partial charge in [0, 0.05) is 93.8 Å². The van der Waals surface area contributed by atoms with Crippen molar-refractivity contribution in [2.45, 2.75) is 26.3 Å². The van der Waals surface area contributed by atoms with Gasteiger partial charge in [0.25, 0.3) is 0 Å². The van der Waals surface area contributed by atoms with E-state index in [2.05, 4.69) is 43.6 Å². The number of anilines is 1. The summed E-state index contributed by atoms with van der Waals surface area (Å²) in [6, 6.07) is 10.3. The topological polar surface area (TPSA) is 101 Å². The van der Waals surface area contributed by atoms with Crippen molar-refractivity contribution in [3.8, 4) is 16.9 Å². The molecule has 4 aromatic rings. The Balaban J connectivity index is 1.12. The number of aromatic nitrogens is 5. The first-order valence-corrected chi connectivity index (χ1v) is 12.7. The summed E-state index contributed by atoms with van der Waals surface area (Å²) in [6.45, 7) is 7.38. The molecule has 0 radical (unpaired) electrons. The molecule has 1 N–H and O–H groups in total. The van der Waals surface area contributed by atoms with E-state index in [1.807, 2.05) is 33.8 Å². The first-order valence-electron chi connectivity index (χ1n) is 12.7. The van der Waals surface area contributed by atoms with Gasteiger partial charge in [-0.25, -0.2) is 4.98 Å². The van der Waals surface area contributed by atoms with Gasteiger partial charge in [-0.15, -0.1) is 10.2 Å². The van der Waals surface area contributed by atoms with Gasteiger partial charge in [0.05, 0.1) is 6.61 Å². The molecule has 1 aromatic carbocycles. The second kappa shape index (κ2) is 10.1. The first kappa shape index (κ1) is 23.4. The van der Waals surface area contributed by atoms with Crippen molar-refractivity contribution in [1.29, 1.82) is 0 Å². The Morgan fingerprint density at radius 3 is 2.78 bits per heavy atom. The van der Waals surface area contributed by atoms with Crippen LogP contribution in [0.15, 0.2) is 49.1 Å². The number of nitrogens with one attached hydrogen (secondary N) is 1. The van der Waals surface area contributed by atoms with Gasteiger partial charge in [0.2, 0.25) is 11.9 Å². The zero-order valence-corrected chi connectivity index (χ0v) is 20.9. The maximum atomic E-state index is 11.5. The number of nitrogens with zero attached hydrogens (tertiary/aromatic N) is 7. The minimum Gasteiger partial charge on any atom is -0.493 e. The van der Waals surface area contributed by atoms with Crippen LogP contribution in [0.4, 0.5) is 5.95 Å². The molecule has 6 rings (SSSR count). The minimum atomic E-state index is 0.159. The molecule has 10 heteroatoms. The van der Waals surface area contributed by atoms with Gasteiger partial charge in [-0.3, -0.25) is 19.1 Å². The van der Waals surface area contributed by atoms with Crippen LogP contribution < -0.4 is 10.1 Å². The molecule has 3 aromatic heterocycles. The zero-order valence-electron chi connectivity index (χ0n) is 20.9. The third kappa shape index (κ3) is 4.84. The Morgan fingerprint density at radius 1 is 1.08 bits per heavy atom. The second-order valence-corrected chi connectivity index (χ2v) is 9.50. The smallest absolute Gasteiger partial charge is 0.219 e. The second-order valence-electron chi connectivity index (χ2n) is 9.50. The van der Waals surface area contributed by atoms with E-state index in [9.17, 15) is 4.79 Å². The Labute approximate surface area is 215 Å². The third-order valence-corrected chi connectivity index (χ3v) is 7.25. The third-order valence-electron chi connectivity index (χ3n) is 7.25. The van der Waals surface area contributed by atoms with Crippen LogP contribution in [0.3, 0.4) is 0 Å². The number of hydrogen-bond donors (Lipinski definition) is 1. The van der Waals surface area contributed by atoms with Crippen molar-refractivity contribution in [3.63, 3.8) is 0 Å². The number of pyridine rings is 1. The highest BCUT2D eigenvalue weighted by atomic mass is 16.5. The molecule has 2 aliphatic heterocycles. The molecule has 10 nitrogen and oxygen atoms in total. The maximum Gasteiger partial charge on any atom is 0.219 e. The largest absolute Gasteiger partial charge is 0.493 e. The predicted molar refractivity (Wildman–Crippen MR) is 139 cm³/mol. The van der Waals surface area contributed by atoms with Crippen LogP contribution in [-0.4, -0.2) is 79.6 Å². The molecule has 1 saturated heterocycles. The number of fused-ring (bicyclic) bond motifs is 2. The number of rotatable bonds is 7. The maximum absolute atomic E-state index is 11.5. The number of piperazine rings is 1. The summed E-state index contributed by atoms with van der Waals surface area (Å²) < 4.78 is 7.57. The molecule has 0 spiro atoms. The summed E-state index contributed by atoms with van der Waals surface area (Å²) in [4.78, 5) is 25.2. The molecule has 0 unspecified atom stereocenters. The Hall–Kier alpha value is -4.05. The molecule has 190 valence electrons. The fraction of sp³-hybridized carbons (Fsp3) is 0.370. The summed E-state index contributed by atoms with van der Waals surface area (Å²) >= 11 is 0. The fourth-order valence-electron chi connectivity index (χ4n) is 5.08. The van der Waals surface area contributed by atoms with Crippen LogP contribution in [0.5, 0.6) is 5.75 Å². The Kier molecular flexibility index (Phi) is 6.40. The minimum absolute atomic E-state index is 0.159. The van der Waals surface area contributed by atoms with Crippen LogP contribution in [0, 0.1) is 0 Å². The van der Waals surface area contributed by atoms with Crippen molar-refractivity contribution >= 4 is 17.5 Å². The van der Waals surface area contributed by atoms with Crippen LogP contribution >= 0.6 is 0 Å². The molecule has 2 aliphatic rings. The van der Waals surface area contributed by atoms with Gasteiger partial charge in [0.15, 0.2) is 5.65 Å². The molecule has 0 saturated carbocycles. The van der Waals surface area contributed by atoms with E-state index in [4.69, 9.17) is 9.72 Å². The lowest BCUT2D eigenvalue weighted by atomic mass is 10.1. The molecular weight excluding hydrogens is 468 g/mol. The molecule has 0 aliphatic carbocycles. The summed E-state index contributed by atoms with van der Waals surface area (Å²) in [5, 5.41) is 11.9. The van der Waals surface area contributed by atoms with E-state index >= 15 is 0 Å². The quantitative estimate of drug-likeness (QED) is 0.415. The lowest BCUT2D eigenvalue weighted by Gasteiger charge is -2.34. The molecule has 1 amide bonds. The number of benzene rings is 1. The number of amides is 1. The lowest BCUT2D eigenvalue weighted by Crippen LogP contribution is -2.48. The monoisotopic (exact) mass is 498 g/mol. The van der Waals surface area contributed by atoms with Crippen molar-refractivity contribution in [1.82, 2.24) is 34.4 Å².